The minimum atomic E-state index is -5.19. The number of aliphatic hydroxyl groups is 1. The largest absolute Gasteiger partial charge is 0.433 e. The van der Waals surface area contributed by atoms with E-state index in [1.807, 2.05) is 0 Å². The number of nitrogens with zero attached hydrogens (tertiary/aromatic N) is 2. The Labute approximate surface area is 194 Å². The van der Waals surface area contributed by atoms with Crippen LogP contribution < -0.4 is 0 Å². The predicted octanol–water partition coefficient (Wildman–Crippen LogP) is 6.46. The fourth-order valence-electron chi connectivity index (χ4n) is 2.88. The summed E-state index contributed by atoms with van der Waals surface area (Å²) >= 11 is 1.66. The van der Waals surface area contributed by atoms with Crippen molar-refractivity contribution in [2.75, 3.05) is 4.61 Å². The molecule has 1 aromatic heterocycles. The van der Waals surface area contributed by atoms with Crippen molar-refractivity contribution < 1.29 is 49.4 Å². The summed E-state index contributed by atoms with van der Waals surface area (Å²) in [5.41, 5.74) is -5.70. The second-order valence-electron chi connectivity index (χ2n) is 6.61. The van der Waals surface area contributed by atoms with Gasteiger partial charge in [-0.25, -0.2) is 0 Å². The first kappa shape index (κ1) is 27.1. The SMILES string of the molecule is N#CC(C(O)c1cc(C(F)(F)F)cc(C(F)(F)F)c1)C(OCI)c1ccc(C(F)(F)F)nc1. The van der Waals surface area contributed by atoms with Gasteiger partial charge in [0.05, 0.1) is 27.9 Å². The van der Waals surface area contributed by atoms with Crippen LogP contribution in [0.15, 0.2) is 36.5 Å². The molecule has 0 saturated carbocycles. The van der Waals surface area contributed by atoms with E-state index in [9.17, 15) is 49.9 Å². The van der Waals surface area contributed by atoms with Crippen molar-refractivity contribution in [1.29, 1.82) is 5.26 Å². The van der Waals surface area contributed by atoms with Crippen molar-refractivity contribution in [2.45, 2.75) is 30.7 Å². The summed E-state index contributed by atoms with van der Waals surface area (Å²) in [6, 6.07) is 3.38. The second kappa shape index (κ2) is 10.0. The van der Waals surface area contributed by atoms with Crippen LogP contribution in [0.5, 0.6) is 0 Å². The van der Waals surface area contributed by atoms with E-state index in [-0.39, 0.29) is 28.4 Å². The molecule has 1 N–H and O–H groups in total. The summed E-state index contributed by atoms with van der Waals surface area (Å²) in [6.45, 7) is 0. The van der Waals surface area contributed by atoms with Crippen molar-refractivity contribution >= 4 is 22.6 Å². The molecule has 0 amide bonds. The summed E-state index contributed by atoms with van der Waals surface area (Å²) in [4.78, 5) is 3.20. The molecule has 0 fully saturated rings. The lowest BCUT2D eigenvalue weighted by molar-refractivity contribution is -0.143. The number of halogens is 10. The average molecular weight is 598 g/mol. The molecular formula is C19H12F9IN2O2. The van der Waals surface area contributed by atoms with Crippen LogP contribution in [-0.2, 0) is 23.3 Å². The molecule has 180 valence electrons. The maximum atomic E-state index is 13.1. The fourth-order valence-corrected chi connectivity index (χ4v) is 3.26. The zero-order valence-electron chi connectivity index (χ0n) is 15.9. The number of aliphatic hydroxyl groups excluding tert-OH is 1. The number of rotatable bonds is 6. The minimum Gasteiger partial charge on any atom is -0.387 e. The number of hydrogen-bond acceptors (Lipinski definition) is 4. The number of nitriles is 1. The van der Waals surface area contributed by atoms with E-state index in [2.05, 4.69) is 4.98 Å². The van der Waals surface area contributed by atoms with Crippen molar-refractivity contribution in [3.05, 3.63) is 64.5 Å². The first-order chi connectivity index (χ1) is 15.1. The molecule has 3 atom stereocenters. The van der Waals surface area contributed by atoms with Crippen LogP contribution in [0.25, 0.3) is 0 Å². The number of alkyl halides is 10. The average Bonchev–Trinajstić information content (AvgIpc) is 2.71. The summed E-state index contributed by atoms with van der Waals surface area (Å²) in [5, 5.41) is 20.1. The molecule has 0 bridgehead atoms. The van der Waals surface area contributed by atoms with E-state index in [0.717, 1.165) is 6.07 Å². The molecular weight excluding hydrogens is 586 g/mol. The maximum absolute atomic E-state index is 13.1. The van der Waals surface area contributed by atoms with Crippen molar-refractivity contribution in [2.24, 2.45) is 5.92 Å². The molecule has 0 radical (unpaired) electrons. The molecule has 2 rings (SSSR count). The van der Waals surface area contributed by atoms with Crippen LogP contribution in [0.4, 0.5) is 39.5 Å². The predicted molar refractivity (Wildman–Crippen MR) is 102 cm³/mol. The third kappa shape index (κ3) is 6.70. The summed E-state index contributed by atoms with van der Waals surface area (Å²) in [7, 11) is 0. The Morgan fingerprint density at radius 2 is 1.45 bits per heavy atom. The van der Waals surface area contributed by atoms with Gasteiger partial charge in [-0.05, 0) is 29.8 Å². The van der Waals surface area contributed by atoms with E-state index in [0.29, 0.717) is 12.3 Å². The molecule has 0 aliphatic rings. The van der Waals surface area contributed by atoms with Gasteiger partial charge in [-0.1, -0.05) is 28.7 Å². The van der Waals surface area contributed by atoms with E-state index >= 15 is 0 Å². The van der Waals surface area contributed by atoms with Crippen molar-refractivity contribution in [1.82, 2.24) is 4.98 Å². The van der Waals surface area contributed by atoms with E-state index in [1.54, 1.807) is 28.7 Å². The minimum absolute atomic E-state index is 0.143. The molecule has 3 unspecified atom stereocenters. The zero-order valence-corrected chi connectivity index (χ0v) is 18.1. The summed E-state index contributed by atoms with van der Waals surface area (Å²) in [6.07, 6.45) is -18.2. The molecule has 14 heteroatoms. The molecule has 2 aromatic rings. The van der Waals surface area contributed by atoms with Gasteiger partial charge in [-0.15, -0.1) is 0 Å². The molecule has 4 nitrogen and oxygen atoms in total. The zero-order chi connectivity index (χ0) is 25.2. The Morgan fingerprint density at radius 1 is 0.909 bits per heavy atom. The quantitative estimate of drug-likeness (QED) is 0.236. The van der Waals surface area contributed by atoms with Gasteiger partial charge in [0, 0.05) is 11.8 Å². The number of benzene rings is 1. The summed E-state index contributed by atoms with van der Waals surface area (Å²) in [5.74, 6) is -1.79. The Bertz CT molecular complexity index is 967. The van der Waals surface area contributed by atoms with Gasteiger partial charge < -0.3 is 9.84 Å². The lowest BCUT2D eigenvalue weighted by atomic mass is 9.87. The van der Waals surface area contributed by atoms with Gasteiger partial charge in [0.2, 0.25) is 0 Å². The van der Waals surface area contributed by atoms with Crippen LogP contribution >= 0.6 is 22.6 Å². The van der Waals surface area contributed by atoms with Crippen LogP contribution in [-0.4, -0.2) is 14.7 Å². The first-order valence-corrected chi connectivity index (χ1v) is 10.2. The van der Waals surface area contributed by atoms with Crippen molar-refractivity contribution in [3.8, 4) is 6.07 Å². The van der Waals surface area contributed by atoms with Gasteiger partial charge in [-0.2, -0.15) is 44.8 Å². The third-order valence-corrected chi connectivity index (χ3v) is 4.77. The molecule has 0 saturated heterocycles. The Hall–Kier alpha value is -2.12. The van der Waals surface area contributed by atoms with Gasteiger partial charge in [-0.3, -0.25) is 4.98 Å². The molecule has 0 spiro atoms. The Kier molecular flexibility index (Phi) is 8.23. The highest BCUT2D eigenvalue weighted by molar-refractivity contribution is 14.1. The van der Waals surface area contributed by atoms with E-state index in [1.165, 1.54) is 0 Å². The monoisotopic (exact) mass is 598 g/mol. The topological polar surface area (TPSA) is 66.1 Å². The van der Waals surface area contributed by atoms with E-state index in [4.69, 9.17) is 4.74 Å². The molecule has 33 heavy (non-hydrogen) atoms. The molecule has 1 aromatic carbocycles. The highest BCUT2D eigenvalue weighted by atomic mass is 127. The number of aromatic nitrogens is 1. The molecule has 0 aliphatic heterocycles. The van der Waals surface area contributed by atoms with Crippen LogP contribution in [0, 0.1) is 17.2 Å². The van der Waals surface area contributed by atoms with Gasteiger partial charge in [0.25, 0.3) is 0 Å². The highest BCUT2D eigenvalue weighted by Gasteiger charge is 2.40. The standard InChI is InChI=1S/C19H12F9IN2O2/c20-17(21,22)11-3-10(4-12(5-11)18(23,24)25)15(32)13(6-30)16(33-8-29)9-1-2-14(31-7-9)19(26,27)28/h1-5,7,13,15-16,32H,8H2. The Morgan fingerprint density at radius 3 is 1.82 bits per heavy atom. The normalized spacial score (nSPS) is 15.6. The number of pyridine rings is 1. The van der Waals surface area contributed by atoms with Gasteiger partial charge in [0.15, 0.2) is 0 Å². The lowest BCUT2D eigenvalue weighted by Crippen LogP contribution is -2.23. The maximum Gasteiger partial charge on any atom is 0.433 e. The molecule has 0 aliphatic carbocycles. The van der Waals surface area contributed by atoms with E-state index < -0.39 is 59.0 Å². The van der Waals surface area contributed by atoms with Crippen LogP contribution in [0.1, 0.15) is 40.2 Å². The van der Waals surface area contributed by atoms with Crippen LogP contribution in [0.3, 0.4) is 0 Å². The number of ether oxygens (including phenoxy) is 1. The van der Waals surface area contributed by atoms with Gasteiger partial charge in [0.1, 0.15) is 17.7 Å². The highest BCUT2D eigenvalue weighted by Crippen LogP contribution is 2.41. The van der Waals surface area contributed by atoms with Gasteiger partial charge >= 0.3 is 18.5 Å². The van der Waals surface area contributed by atoms with Crippen molar-refractivity contribution in [3.63, 3.8) is 0 Å². The first-order valence-electron chi connectivity index (χ1n) is 8.67. The third-order valence-electron chi connectivity index (χ3n) is 4.41. The summed E-state index contributed by atoms with van der Waals surface area (Å²) < 4.78 is 122. The molecule has 1 heterocycles. The van der Waals surface area contributed by atoms with Crippen LogP contribution in [0.2, 0.25) is 0 Å². The number of hydrogen-bond donors (Lipinski definition) is 1. The Balaban J connectivity index is 2.54. The smallest absolute Gasteiger partial charge is 0.387 e. The second-order valence-corrected chi connectivity index (χ2v) is 7.23. The fraction of sp³-hybridized carbons (Fsp3) is 0.368. The lowest BCUT2D eigenvalue weighted by Gasteiger charge is -2.27.